The van der Waals surface area contributed by atoms with Crippen LogP contribution in [0.2, 0.25) is 0 Å². The summed E-state index contributed by atoms with van der Waals surface area (Å²) in [6, 6.07) is 9.13. The molecule has 0 fully saturated rings. The third-order valence-electron chi connectivity index (χ3n) is 3.07. The molecule has 25 heavy (non-hydrogen) atoms. The molecular weight excluding hydrogens is 324 g/mol. The van der Waals surface area contributed by atoms with Gasteiger partial charge in [0, 0.05) is 13.1 Å². The summed E-state index contributed by atoms with van der Waals surface area (Å²) in [5.74, 6) is -0.367. The van der Waals surface area contributed by atoms with Crippen molar-refractivity contribution in [3.63, 3.8) is 0 Å². The molecule has 2 amide bonds. The van der Waals surface area contributed by atoms with Gasteiger partial charge in [-0.05, 0) is 26.3 Å². The second kappa shape index (κ2) is 7.69. The van der Waals surface area contributed by atoms with Gasteiger partial charge < -0.3 is 25.6 Å². The number of rotatable bonds is 5. The number of carbonyl (C=O) groups is 2. The van der Waals surface area contributed by atoms with Crippen molar-refractivity contribution in [3.05, 3.63) is 36.0 Å². The number of nitrogens with two attached hydrogens (primary N) is 1. The van der Waals surface area contributed by atoms with E-state index in [4.69, 9.17) is 15.0 Å². The van der Waals surface area contributed by atoms with Gasteiger partial charge in [-0.25, -0.2) is 4.79 Å². The standard InChI is InChI=1S/C17H22N4O4/c1-17(2,3)24-16(23)20-10-9-19-15(22)13-12(14(18)25-21-13)11-7-5-4-6-8-11/h4-8H,9-10,18H2,1-3H3,(H,19,22)(H,20,23). The summed E-state index contributed by atoms with van der Waals surface area (Å²) in [5, 5.41) is 8.94. The third kappa shape index (κ3) is 5.23. The fraction of sp³-hybridized carbons (Fsp3) is 0.353. The summed E-state index contributed by atoms with van der Waals surface area (Å²) in [6.07, 6.45) is -0.544. The molecule has 0 saturated carbocycles. The van der Waals surface area contributed by atoms with E-state index < -0.39 is 17.6 Å². The first kappa shape index (κ1) is 18.3. The Morgan fingerprint density at radius 1 is 1.16 bits per heavy atom. The maximum Gasteiger partial charge on any atom is 0.407 e. The smallest absolute Gasteiger partial charge is 0.407 e. The van der Waals surface area contributed by atoms with Gasteiger partial charge in [-0.3, -0.25) is 4.79 Å². The lowest BCUT2D eigenvalue weighted by atomic mass is 10.1. The average molecular weight is 346 g/mol. The molecule has 134 valence electrons. The molecule has 2 aromatic rings. The average Bonchev–Trinajstić information content (AvgIpc) is 2.92. The number of anilines is 1. The summed E-state index contributed by atoms with van der Waals surface area (Å²) < 4.78 is 10.1. The zero-order valence-corrected chi connectivity index (χ0v) is 14.5. The molecule has 8 heteroatoms. The second-order valence-corrected chi connectivity index (χ2v) is 6.32. The van der Waals surface area contributed by atoms with Crippen LogP contribution in [-0.2, 0) is 4.74 Å². The molecule has 1 heterocycles. The van der Waals surface area contributed by atoms with Crippen molar-refractivity contribution in [3.8, 4) is 11.1 Å². The van der Waals surface area contributed by atoms with Crippen molar-refractivity contribution in [1.82, 2.24) is 15.8 Å². The number of benzene rings is 1. The van der Waals surface area contributed by atoms with Gasteiger partial charge in [0.05, 0.1) is 5.56 Å². The van der Waals surface area contributed by atoms with Crippen LogP contribution in [0.5, 0.6) is 0 Å². The summed E-state index contributed by atoms with van der Waals surface area (Å²) in [6.45, 7) is 5.74. The largest absolute Gasteiger partial charge is 0.444 e. The van der Waals surface area contributed by atoms with Crippen molar-refractivity contribution >= 4 is 17.9 Å². The first-order chi connectivity index (χ1) is 11.8. The molecule has 0 spiro atoms. The Morgan fingerprint density at radius 3 is 2.44 bits per heavy atom. The van der Waals surface area contributed by atoms with Crippen LogP contribution in [0.3, 0.4) is 0 Å². The Labute approximate surface area is 145 Å². The molecule has 0 aliphatic rings. The molecule has 0 aliphatic heterocycles. The van der Waals surface area contributed by atoms with Crippen molar-refractivity contribution in [2.24, 2.45) is 0 Å². The van der Waals surface area contributed by atoms with Crippen molar-refractivity contribution in [1.29, 1.82) is 0 Å². The predicted octanol–water partition coefficient (Wildman–Crippen LogP) is 2.18. The molecule has 1 aromatic carbocycles. The first-order valence-electron chi connectivity index (χ1n) is 7.83. The van der Waals surface area contributed by atoms with Crippen molar-refractivity contribution < 1.29 is 18.8 Å². The van der Waals surface area contributed by atoms with Crippen LogP contribution in [-0.4, -0.2) is 35.8 Å². The molecule has 2 rings (SSSR count). The quantitative estimate of drug-likeness (QED) is 0.714. The Morgan fingerprint density at radius 2 is 1.80 bits per heavy atom. The lowest BCUT2D eigenvalue weighted by molar-refractivity contribution is 0.0526. The van der Waals surface area contributed by atoms with Gasteiger partial charge in [-0.15, -0.1) is 0 Å². The number of hydrogen-bond donors (Lipinski definition) is 3. The van der Waals surface area contributed by atoms with E-state index in [0.29, 0.717) is 5.56 Å². The van der Waals surface area contributed by atoms with Crippen molar-refractivity contribution in [2.75, 3.05) is 18.8 Å². The van der Waals surface area contributed by atoms with E-state index in [9.17, 15) is 9.59 Å². The highest BCUT2D eigenvalue weighted by Crippen LogP contribution is 2.29. The molecule has 0 unspecified atom stereocenters. The Bertz CT molecular complexity index is 735. The van der Waals surface area contributed by atoms with Crippen LogP contribution >= 0.6 is 0 Å². The van der Waals surface area contributed by atoms with Gasteiger partial charge in [0.25, 0.3) is 5.91 Å². The Kier molecular flexibility index (Phi) is 5.63. The minimum Gasteiger partial charge on any atom is -0.444 e. The number of nitrogens with one attached hydrogen (secondary N) is 2. The number of hydrogen-bond acceptors (Lipinski definition) is 6. The lowest BCUT2D eigenvalue weighted by Gasteiger charge is -2.19. The Balaban J connectivity index is 1.91. The van der Waals surface area contributed by atoms with Crippen LogP contribution in [0.1, 0.15) is 31.3 Å². The zero-order chi connectivity index (χ0) is 18.4. The minimum atomic E-state index is -0.573. The summed E-state index contributed by atoms with van der Waals surface area (Å²) >= 11 is 0. The summed E-state index contributed by atoms with van der Waals surface area (Å²) in [4.78, 5) is 23.8. The SMILES string of the molecule is CC(C)(C)OC(=O)NCCNC(=O)c1noc(N)c1-c1ccccc1. The van der Waals surface area contributed by atoms with Crippen LogP contribution in [0.15, 0.2) is 34.9 Å². The normalized spacial score (nSPS) is 11.0. The molecule has 4 N–H and O–H groups in total. The highest BCUT2D eigenvalue weighted by molar-refractivity contribution is 6.01. The summed E-state index contributed by atoms with van der Waals surface area (Å²) in [7, 11) is 0. The highest BCUT2D eigenvalue weighted by Gasteiger charge is 2.21. The van der Waals surface area contributed by atoms with Crippen molar-refractivity contribution in [2.45, 2.75) is 26.4 Å². The van der Waals surface area contributed by atoms with Gasteiger partial charge in [0.2, 0.25) is 5.88 Å². The van der Waals surface area contributed by atoms with Gasteiger partial charge in [-0.1, -0.05) is 35.5 Å². The molecule has 8 nitrogen and oxygen atoms in total. The van der Waals surface area contributed by atoms with E-state index in [-0.39, 0.29) is 24.7 Å². The lowest BCUT2D eigenvalue weighted by Crippen LogP contribution is -2.38. The van der Waals surface area contributed by atoms with Crippen LogP contribution in [0.4, 0.5) is 10.7 Å². The van der Waals surface area contributed by atoms with Gasteiger partial charge in [0.1, 0.15) is 5.60 Å². The van der Waals surface area contributed by atoms with E-state index in [1.165, 1.54) is 0 Å². The number of nitrogens with zero attached hydrogens (tertiary/aromatic N) is 1. The van der Waals surface area contributed by atoms with Gasteiger partial charge in [0.15, 0.2) is 5.69 Å². The fourth-order valence-electron chi connectivity index (χ4n) is 2.08. The molecule has 0 bridgehead atoms. The topological polar surface area (TPSA) is 119 Å². The van der Waals surface area contributed by atoms with E-state index in [0.717, 1.165) is 5.56 Å². The zero-order valence-electron chi connectivity index (χ0n) is 14.5. The second-order valence-electron chi connectivity index (χ2n) is 6.32. The minimum absolute atomic E-state index is 0.0724. The first-order valence-corrected chi connectivity index (χ1v) is 7.83. The molecule has 0 aliphatic carbocycles. The molecule has 0 saturated heterocycles. The van der Waals surface area contributed by atoms with E-state index in [2.05, 4.69) is 15.8 Å². The maximum absolute atomic E-state index is 12.3. The number of alkyl carbamates (subject to hydrolysis) is 1. The number of carbonyl (C=O) groups excluding carboxylic acids is 2. The molecule has 0 atom stereocenters. The number of amides is 2. The number of aromatic nitrogens is 1. The van der Waals surface area contributed by atoms with Gasteiger partial charge >= 0.3 is 6.09 Å². The maximum atomic E-state index is 12.3. The third-order valence-corrected chi connectivity index (χ3v) is 3.07. The van der Waals surface area contributed by atoms with Gasteiger partial charge in [-0.2, -0.15) is 0 Å². The predicted molar refractivity (Wildman–Crippen MR) is 92.9 cm³/mol. The molecule has 1 aromatic heterocycles. The number of ether oxygens (including phenoxy) is 1. The van der Waals surface area contributed by atoms with Crippen LogP contribution in [0, 0.1) is 0 Å². The van der Waals surface area contributed by atoms with Crippen LogP contribution < -0.4 is 16.4 Å². The summed E-state index contributed by atoms with van der Waals surface area (Å²) in [5.41, 5.74) is 6.48. The highest BCUT2D eigenvalue weighted by atomic mass is 16.6. The molecule has 0 radical (unpaired) electrons. The fourth-order valence-corrected chi connectivity index (χ4v) is 2.08. The molecular formula is C17H22N4O4. The Hall–Kier alpha value is -3.03. The number of nitrogen functional groups attached to an aromatic ring is 1. The van der Waals surface area contributed by atoms with E-state index in [1.807, 2.05) is 30.3 Å². The monoisotopic (exact) mass is 346 g/mol. The van der Waals surface area contributed by atoms with E-state index in [1.54, 1.807) is 20.8 Å². The van der Waals surface area contributed by atoms with Crippen LogP contribution in [0.25, 0.3) is 11.1 Å². The van der Waals surface area contributed by atoms with E-state index >= 15 is 0 Å².